The molecule has 6 atom stereocenters. The molecule has 5 aliphatic rings. The summed E-state index contributed by atoms with van der Waals surface area (Å²) in [5.41, 5.74) is 2.20. The first-order chi connectivity index (χ1) is 14.4. The maximum Gasteiger partial charge on any atom is 0.306 e. The Labute approximate surface area is 175 Å². The van der Waals surface area contributed by atoms with E-state index in [4.69, 9.17) is 4.74 Å². The molecule has 1 spiro atoms. The van der Waals surface area contributed by atoms with Gasteiger partial charge in [-0.25, -0.2) is 0 Å². The maximum atomic E-state index is 12.3. The molecule has 2 unspecified atom stereocenters. The summed E-state index contributed by atoms with van der Waals surface area (Å²) in [5.74, 6) is 1.70. The third kappa shape index (κ3) is 2.18. The number of aromatic amines is 1. The second kappa shape index (κ2) is 5.89. The van der Waals surface area contributed by atoms with Crippen LogP contribution in [0.15, 0.2) is 23.3 Å². The molecule has 1 N–H and O–H groups in total. The van der Waals surface area contributed by atoms with Crippen molar-refractivity contribution in [1.82, 2.24) is 20.6 Å². The molecule has 7 heteroatoms. The molecule has 2 saturated carbocycles. The smallest absolute Gasteiger partial charge is 0.306 e. The highest BCUT2D eigenvalue weighted by Crippen LogP contribution is 2.69. The third-order valence-electron chi connectivity index (χ3n) is 9.42. The number of carbonyl (C=O) groups is 2. The summed E-state index contributed by atoms with van der Waals surface area (Å²) in [6, 6.07) is 0. The molecule has 158 valence electrons. The number of ketones is 1. The molecule has 1 aliphatic heterocycles. The first-order valence-corrected chi connectivity index (χ1v) is 11.3. The molecule has 2 heterocycles. The maximum absolute atomic E-state index is 12.3. The number of nitrogens with zero attached hydrogens (tertiary/aromatic N) is 3. The van der Waals surface area contributed by atoms with Gasteiger partial charge in [-0.05, 0) is 56.4 Å². The molecule has 1 saturated heterocycles. The third-order valence-corrected chi connectivity index (χ3v) is 9.42. The second-order valence-electron chi connectivity index (χ2n) is 10.5. The van der Waals surface area contributed by atoms with Gasteiger partial charge in [0.1, 0.15) is 5.60 Å². The number of fused-ring (bicyclic) bond motifs is 6. The first kappa shape index (κ1) is 18.5. The fraction of sp³-hybridized carbons (Fsp3) is 0.696. The lowest BCUT2D eigenvalue weighted by atomic mass is 9.48. The number of ether oxygens (including phenoxy) is 1. The minimum Gasteiger partial charge on any atom is -0.458 e. The van der Waals surface area contributed by atoms with E-state index >= 15 is 0 Å². The fourth-order valence-corrected chi connectivity index (χ4v) is 7.73. The van der Waals surface area contributed by atoms with Gasteiger partial charge >= 0.3 is 5.97 Å². The van der Waals surface area contributed by atoms with Crippen LogP contribution in [-0.4, -0.2) is 38.0 Å². The van der Waals surface area contributed by atoms with Crippen molar-refractivity contribution in [2.75, 3.05) is 0 Å². The SMILES string of the molecule is C[C@]12CCC(=O)C=C1C[C@@H](c1nn[nH]n1)C1C2=CC[C@@]2(C)C1CC[C@@]21CCC(=O)O1. The van der Waals surface area contributed by atoms with E-state index in [1.165, 1.54) is 11.1 Å². The number of aromatic nitrogens is 4. The number of nitrogens with one attached hydrogen (secondary N) is 1. The number of allylic oxidation sites excluding steroid dienone is 4. The molecular formula is C23H28N4O3. The Morgan fingerprint density at radius 2 is 2.03 bits per heavy atom. The number of hydrogen-bond donors (Lipinski definition) is 1. The van der Waals surface area contributed by atoms with Crippen molar-refractivity contribution in [1.29, 1.82) is 0 Å². The second-order valence-corrected chi connectivity index (χ2v) is 10.5. The van der Waals surface area contributed by atoms with Crippen LogP contribution in [0.4, 0.5) is 0 Å². The van der Waals surface area contributed by atoms with Crippen molar-refractivity contribution in [3.05, 3.63) is 29.1 Å². The molecule has 0 radical (unpaired) electrons. The Morgan fingerprint density at radius 1 is 1.17 bits per heavy atom. The van der Waals surface area contributed by atoms with E-state index in [1.54, 1.807) is 0 Å². The topological polar surface area (TPSA) is 97.8 Å². The Kier molecular flexibility index (Phi) is 3.62. The van der Waals surface area contributed by atoms with E-state index in [0.717, 1.165) is 44.3 Å². The molecule has 1 aromatic rings. The van der Waals surface area contributed by atoms with E-state index < -0.39 is 0 Å². The van der Waals surface area contributed by atoms with Crippen molar-refractivity contribution >= 4 is 11.8 Å². The van der Waals surface area contributed by atoms with E-state index in [-0.39, 0.29) is 40.0 Å². The summed E-state index contributed by atoms with van der Waals surface area (Å²) in [6.07, 6.45) is 10.9. The van der Waals surface area contributed by atoms with Crippen LogP contribution in [0, 0.1) is 22.7 Å². The summed E-state index contributed by atoms with van der Waals surface area (Å²) in [4.78, 5) is 24.4. The lowest BCUT2D eigenvalue weighted by Crippen LogP contribution is -2.52. The Hall–Kier alpha value is -2.31. The highest BCUT2D eigenvalue weighted by Gasteiger charge is 2.67. The zero-order valence-corrected chi connectivity index (χ0v) is 17.6. The number of H-pyrrole nitrogens is 1. The van der Waals surface area contributed by atoms with Gasteiger partial charge in [0.2, 0.25) is 0 Å². The van der Waals surface area contributed by atoms with Crippen LogP contribution in [-0.2, 0) is 14.3 Å². The number of carbonyl (C=O) groups excluding carboxylic acids is 2. The molecule has 0 bridgehead atoms. The summed E-state index contributed by atoms with van der Waals surface area (Å²) in [5, 5.41) is 15.2. The van der Waals surface area contributed by atoms with E-state index in [2.05, 4.69) is 40.5 Å². The lowest BCUT2D eigenvalue weighted by Gasteiger charge is -2.56. The quantitative estimate of drug-likeness (QED) is 0.565. The van der Waals surface area contributed by atoms with Crippen molar-refractivity contribution in [3.63, 3.8) is 0 Å². The molecule has 0 aromatic carbocycles. The normalized spacial score (nSPS) is 44.8. The fourth-order valence-electron chi connectivity index (χ4n) is 7.73. The number of esters is 1. The zero-order chi connectivity index (χ0) is 20.7. The van der Waals surface area contributed by atoms with E-state index in [1.807, 2.05) is 6.08 Å². The first-order valence-electron chi connectivity index (χ1n) is 11.3. The van der Waals surface area contributed by atoms with Gasteiger partial charge in [-0.15, -0.1) is 10.2 Å². The highest BCUT2D eigenvalue weighted by molar-refractivity contribution is 5.92. The van der Waals surface area contributed by atoms with Gasteiger partial charge < -0.3 is 4.74 Å². The summed E-state index contributed by atoms with van der Waals surface area (Å²) >= 11 is 0. The average molecular weight is 409 g/mol. The molecule has 1 aromatic heterocycles. The van der Waals surface area contributed by atoms with Crippen LogP contribution < -0.4 is 0 Å². The van der Waals surface area contributed by atoms with E-state index in [0.29, 0.717) is 18.8 Å². The Bertz CT molecular complexity index is 998. The van der Waals surface area contributed by atoms with Crippen molar-refractivity contribution in [2.45, 2.75) is 76.7 Å². The summed E-state index contributed by atoms with van der Waals surface area (Å²) in [7, 11) is 0. The zero-order valence-electron chi connectivity index (χ0n) is 17.6. The number of tetrazole rings is 1. The lowest BCUT2D eigenvalue weighted by molar-refractivity contribution is -0.160. The Balaban J connectivity index is 1.50. The minimum absolute atomic E-state index is 0.0482. The summed E-state index contributed by atoms with van der Waals surface area (Å²) in [6.45, 7) is 4.65. The predicted molar refractivity (Wildman–Crippen MR) is 107 cm³/mol. The van der Waals surface area contributed by atoms with Gasteiger partial charge in [-0.3, -0.25) is 9.59 Å². The monoisotopic (exact) mass is 408 g/mol. The largest absolute Gasteiger partial charge is 0.458 e. The minimum atomic E-state index is -0.335. The molecule has 4 aliphatic carbocycles. The average Bonchev–Trinajstić information content (AvgIpc) is 3.43. The van der Waals surface area contributed by atoms with Gasteiger partial charge in [-0.2, -0.15) is 5.21 Å². The van der Waals surface area contributed by atoms with Crippen LogP contribution >= 0.6 is 0 Å². The van der Waals surface area contributed by atoms with Gasteiger partial charge in [-0.1, -0.05) is 36.3 Å². The van der Waals surface area contributed by atoms with Crippen LogP contribution in [0.3, 0.4) is 0 Å². The van der Waals surface area contributed by atoms with Gasteiger partial charge in [0.25, 0.3) is 0 Å². The van der Waals surface area contributed by atoms with Crippen molar-refractivity contribution in [3.8, 4) is 0 Å². The standard InChI is InChI=1S/C23H28N4O3/c1-21-7-3-14(28)11-13(21)12-15(20-24-26-27-25-20)19-16(21)4-8-22(2)17(19)5-9-23(22)10-6-18(29)30-23/h4,11,15,17,19H,3,5-10,12H2,1-2H3,(H,24,25,26,27)/t15-,17?,19?,21+,22+,23-/m1/s1. The van der Waals surface area contributed by atoms with Gasteiger partial charge in [0.05, 0.1) is 0 Å². The Morgan fingerprint density at radius 3 is 2.77 bits per heavy atom. The van der Waals surface area contributed by atoms with Crippen LogP contribution in [0.1, 0.15) is 77.0 Å². The van der Waals surface area contributed by atoms with Crippen LogP contribution in [0.5, 0.6) is 0 Å². The van der Waals surface area contributed by atoms with Crippen LogP contribution in [0.25, 0.3) is 0 Å². The van der Waals surface area contributed by atoms with Gasteiger partial charge in [0, 0.05) is 29.6 Å². The molecular weight excluding hydrogens is 380 g/mol. The highest BCUT2D eigenvalue weighted by atomic mass is 16.6. The van der Waals surface area contributed by atoms with Crippen LogP contribution in [0.2, 0.25) is 0 Å². The van der Waals surface area contributed by atoms with Crippen molar-refractivity contribution in [2.24, 2.45) is 22.7 Å². The molecule has 7 nitrogen and oxygen atoms in total. The number of rotatable bonds is 1. The molecule has 3 fully saturated rings. The van der Waals surface area contributed by atoms with Gasteiger partial charge in [0.15, 0.2) is 11.6 Å². The van der Waals surface area contributed by atoms with E-state index in [9.17, 15) is 9.59 Å². The molecule has 6 rings (SSSR count). The summed E-state index contributed by atoms with van der Waals surface area (Å²) < 4.78 is 6.06. The molecule has 30 heavy (non-hydrogen) atoms. The van der Waals surface area contributed by atoms with Crippen molar-refractivity contribution < 1.29 is 14.3 Å². The predicted octanol–water partition coefficient (Wildman–Crippen LogP) is 3.42. The molecule has 0 amide bonds. The number of hydrogen-bond acceptors (Lipinski definition) is 6.